The minimum absolute atomic E-state index is 0.0243. The van der Waals surface area contributed by atoms with Crippen molar-refractivity contribution in [2.24, 2.45) is 5.41 Å². The number of rotatable bonds is 5. The van der Waals surface area contributed by atoms with Crippen LogP contribution in [-0.2, 0) is 9.59 Å². The normalized spacial score (nSPS) is 19.0. The van der Waals surface area contributed by atoms with E-state index in [1.165, 1.54) is 11.3 Å². The first-order valence-corrected chi connectivity index (χ1v) is 13.5. The molecule has 1 amide bonds. The van der Waals surface area contributed by atoms with E-state index in [-0.39, 0.29) is 17.1 Å². The summed E-state index contributed by atoms with van der Waals surface area (Å²) < 4.78 is 13.2. The number of halogens is 1. The molecule has 37 heavy (non-hydrogen) atoms. The summed E-state index contributed by atoms with van der Waals surface area (Å²) in [5.74, 6) is 0.134. The number of carbonyl (C=O) groups is 2. The van der Waals surface area contributed by atoms with Gasteiger partial charge in [-0.3, -0.25) is 14.9 Å². The van der Waals surface area contributed by atoms with Gasteiger partial charge in [0.2, 0.25) is 0 Å². The average Bonchev–Trinajstić information content (AvgIpc) is 3.22. The number of amides is 1. The van der Waals surface area contributed by atoms with Crippen molar-refractivity contribution >= 4 is 54.3 Å². The Hall–Kier alpha value is -3.17. The number of ether oxygens (including phenoxy) is 2. The van der Waals surface area contributed by atoms with Crippen molar-refractivity contribution in [2.45, 2.75) is 39.5 Å². The third-order valence-corrected chi connectivity index (χ3v) is 8.23. The van der Waals surface area contributed by atoms with Crippen molar-refractivity contribution in [3.8, 4) is 11.5 Å². The molecule has 3 aromatic rings. The van der Waals surface area contributed by atoms with Gasteiger partial charge in [0, 0.05) is 39.0 Å². The average molecular weight is 583 g/mol. The Labute approximate surface area is 228 Å². The number of benzene rings is 2. The molecule has 0 saturated carbocycles. The maximum absolute atomic E-state index is 13.9. The van der Waals surface area contributed by atoms with Gasteiger partial charge in [-0.2, -0.15) is 0 Å². The van der Waals surface area contributed by atoms with Crippen LogP contribution in [0.4, 0.5) is 5.13 Å². The van der Waals surface area contributed by atoms with Gasteiger partial charge in [0.15, 0.2) is 22.4 Å². The molecule has 2 N–H and O–H groups in total. The Kier molecular flexibility index (Phi) is 6.62. The van der Waals surface area contributed by atoms with Crippen LogP contribution in [0.2, 0.25) is 0 Å². The zero-order valence-electron chi connectivity index (χ0n) is 21.3. The molecule has 0 radical (unpaired) electrons. The Morgan fingerprint density at radius 1 is 1.19 bits per heavy atom. The van der Waals surface area contributed by atoms with Crippen molar-refractivity contribution in [2.75, 3.05) is 19.5 Å². The highest BCUT2D eigenvalue weighted by Crippen LogP contribution is 2.50. The molecule has 1 aromatic heterocycles. The molecule has 0 fully saturated rings. The van der Waals surface area contributed by atoms with E-state index in [0.29, 0.717) is 51.9 Å². The van der Waals surface area contributed by atoms with Gasteiger partial charge < -0.3 is 14.8 Å². The predicted molar refractivity (Wildman–Crippen MR) is 149 cm³/mol. The highest BCUT2D eigenvalue weighted by atomic mass is 79.9. The molecule has 0 spiro atoms. The van der Waals surface area contributed by atoms with Crippen LogP contribution in [0, 0.1) is 5.41 Å². The number of Topliss-reactive ketones (excluding diaryl/α,β-unsaturated/α-hetero) is 1. The number of methoxy groups -OCH3 is 2. The van der Waals surface area contributed by atoms with E-state index >= 15 is 0 Å². The smallest absolute Gasteiger partial charge is 0.256 e. The van der Waals surface area contributed by atoms with E-state index in [4.69, 9.17) is 9.47 Å². The SMILES string of the molecule is COc1cccc([C@H]2C(C(=O)Nc3nc4ccc(Br)cc4s3)=C(C)NC3=C2C(=O)CC(C)(C)C3)c1OC. The van der Waals surface area contributed by atoms with Crippen LogP contribution in [0.3, 0.4) is 0 Å². The Bertz CT molecular complexity index is 1500. The second-order valence-electron chi connectivity index (χ2n) is 10.1. The van der Waals surface area contributed by atoms with Gasteiger partial charge >= 0.3 is 0 Å². The summed E-state index contributed by atoms with van der Waals surface area (Å²) in [5.41, 5.74) is 3.95. The molecule has 0 unspecified atom stereocenters. The van der Waals surface area contributed by atoms with Crippen molar-refractivity contribution in [3.05, 3.63) is 69.0 Å². The first kappa shape index (κ1) is 25.5. The molecule has 7 nitrogen and oxygen atoms in total. The maximum Gasteiger partial charge on any atom is 0.256 e. The molecule has 0 saturated heterocycles. The molecule has 0 bridgehead atoms. The molecular weight excluding hydrogens is 554 g/mol. The standard InChI is InChI=1S/C28H28BrN3O4S/c1-14-22(26(34)32-27-31-17-10-9-15(29)11-21(17)37-27)23(16-7-6-8-20(35-4)25(16)36-5)24-18(30-14)12-28(2,3)13-19(24)33/h6-11,23,30H,12-13H2,1-5H3,(H,31,32,34)/t23-/m0/s1. The molecule has 1 aliphatic heterocycles. The molecule has 2 heterocycles. The molecule has 2 aliphatic rings. The van der Waals surface area contributed by atoms with Gasteiger partial charge in [-0.1, -0.05) is 53.2 Å². The Balaban J connectivity index is 1.63. The number of nitrogens with one attached hydrogen (secondary N) is 2. The second-order valence-corrected chi connectivity index (χ2v) is 12.0. The number of carbonyl (C=O) groups excluding carboxylic acids is 2. The second kappa shape index (κ2) is 9.61. The first-order valence-electron chi connectivity index (χ1n) is 11.9. The number of thiazole rings is 1. The summed E-state index contributed by atoms with van der Waals surface area (Å²) in [6.07, 6.45) is 1.10. The van der Waals surface area contributed by atoms with Gasteiger partial charge in [-0.05, 0) is 43.0 Å². The third-order valence-electron chi connectivity index (χ3n) is 6.80. The Morgan fingerprint density at radius 3 is 2.70 bits per heavy atom. The monoisotopic (exact) mass is 581 g/mol. The maximum atomic E-state index is 13.9. The van der Waals surface area contributed by atoms with Crippen molar-refractivity contribution in [1.29, 1.82) is 0 Å². The fourth-order valence-corrected chi connectivity index (χ4v) is 6.72. The fourth-order valence-electron chi connectivity index (χ4n) is 5.30. The summed E-state index contributed by atoms with van der Waals surface area (Å²) in [6, 6.07) is 11.3. The summed E-state index contributed by atoms with van der Waals surface area (Å²) in [6.45, 7) is 6.05. The topological polar surface area (TPSA) is 89.5 Å². The van der Waals surface area contributed by atoms with E-state index in [2.05, 4.69) is 45.4 Å². The lowest BCUT2D eigenvalue weighted by molar-refractivity contribution is -0.118. The molecule has 192 valence electrons. The van der Waals surface area contributed by atoms with Crippen LogP contribution in [0.15, 0.2) is 63.4 Å². The van der Waals surface area contributed by atoms with Gasteiger partial charge in [0.1, 0.15) is 0 Å². The molecule has 2 aromatic carbocycles. The highest BCUT2D eigenvalue weighted by molar-refractivity contribution is 9.10. The van der Waals surface area contributed by atoms with Gasteiger partial charge in [-0.25, -0.2) is 4.98 Å². The summed E-state index contributed by atoms with van der Waals surface area (Å²) in [7, 11) is 3.14. The number of allylic oxidation sites excluding steroid dienone is 3. The number of hydrogen-bond donors (Lipinski definition) is 2. The van der Waals surface area contributed by atoms with Crippen LogP contribution < -0.4 is 20.1 Å². The number of ketones is 1. The molecule has 5 rings (SSSR count). The predicted octanol–water partition coefficient (Wildman–Crippen LogP) is 6.32. The fraction of sp³-hybridized carbons (Fsp3) is 0.321. The van der Waals surface area contributed by atoms with E-state index in [0.717, 1.165) is 20.4 Å². The number of para-hydroxylation sites is 1. The lowest BCUT2D eigenvalue weighted by atomic mass is 9.68. The minimum Gasteiger partial charge on any atom is -0.493 e. The van der Waals surface area contributed by atoms with E-state index in [9.17, 15) is 9.59 Å². The molecule has 1 atom stereocenters. The van der Waals surface area contributed by atoms with E-state index in [1.54, 1.807) is 20.3 Å². The zero-order valence-corrected chi connectivity index (χ0v) is 23.7. The molecular formula is C28H28BrN3O4S. The van der Waals surface area contributed by atoms with Crippen LogP contribution in [0.5, 0.6) is 11.5 Å². The number of anilines is 1. The highest BCUT2D eigenvalue weighted by Gasteiger charge is 2.44. The lowest BCUT2D eigenvalue weighted by Crippen LogP contribution is -2.39. The van der Waals surface area contributed by atoms with Crippen molar-refractivity contribution in [1.82, 2.24) is 10.3 Å². The summed E-state index contributed by atoms with van der Waals surface area (Å²) >= 11 is 4.88. The van der Waals surface area contributed by atoms with Crippen LogP contribution in [-0.4, -0.2) is 30.9 Å². The van der Waals surface area contributed by atoms with Crippen molar-refractivity contribution < 1.29 is 19.1 Å². The molecule has 1 aliphatic carbocycles. The van der Waals surface area contributed by atoms with Gasteiger partial charge in [-0.15, -0.1) is 0 Å². The van der Waals surface area contributed by atoms with Crippen LogP contribution in [0.1, 0.15) is 45.1 Å². The van der Waals surface area contributed by atoms with Crippen LogP contribution >= 0.6 is 27.3 Å². The number of dihydropyridines is 1. The van der Waals surface area contributed by atoms with Crippen molar-refractivity contribution in [3.63, 3.8) is 0 Å². The molecule has 9 heteroatoms. The van der Waals surface area contributed by atoms with Gasteiger partial charge in [0.05, 0.1) is 30.4 Å². The largest absolute Gasteiger partial charge is 0.493 e. The van der Waals surface area contributed by atoms with E-state index < -0.39 is 5.92 Å². The summed E-state index contributed by atoms with van der Waals surface area (Å²) in [4.78, 5) is 32.1. The van der Waals surface area contributed by atoms with Gasteiger partial charge in [0.25, 0.3) is 5.91 Å². The third kappa shape index (κ3) is 4.66. The zero-order chi connectivity index (χ0) is 26.5. The number of fused-ring (bicyclic) bond motifs is 1. The first-order chi connectivity index (χ1) is 17.6. The van der Waals surface area contributed by atoms with Crippen LogP contribution in [0.25, 0.3) is 10.2 Å². The quantitative estimate of drug-likeness (QED) is 0.366. The number of aromatic nitrogens is 1. The lowest BCUT2D eigenvalue weighted by Gasteiger charge is -2.40. The number of nitrogens with zero attached hydrogens (tertiary/aromatic N) is 1. The number of hydrogen-bond acceptors (Lipinski definition) is 7. The summed E-state index contributed by atoms with van der Waals surface area (Å²) in [5, 5.41) is 6.89. The Morgan fingerprint density at radius 2 is 1.97 bits per heavy atom. The minimum atomic E-state index is -0.617. The van der Waals surface area contributed by atoms with E-state index in [1.807, 2.05) is 37.3 Å².